The van der Waals surface area contributed by atoms with E-state index in [0.717, 1.165) is 32.6 Å². The average molecular weight is 352 g/mol. The van der Waals surface area contributed by atoms with Gasteiger partial charge < -0.3 is 4.42 Å². The third kappa shape index (κ3) is 4.36. The van der Waals surface area contributed by atoms with Gasteiger partial charge in [-0.1, -0.05) is 11.8 Å². The van der Waals surface area contributed by atoms with E-state index in [-0.39, 0.29) is 5.69 Å². The molecule has 3 aromatic rings. The summed E-state index contributed by atoms with van der Waals surface area (Å²) >= 11 is 1.55. The molecule has 0 aliphatic carbocycles. The third-order valence-electron chi connectivity index (χ3n) is 3.55. The number of aliphatic imine (C=N–C) groups is 1. The fourth-order valence-electron chi connectivity index (χ4n) is 2.29. The van der Waals surface area contributed by atoms with Gasteiger partial charge in [0.25, 0.3) is 5.69 Å². The van der Waals surface area contributed by atoms with Crippen molar-refractivity contribution in [3.63, 3.8) is 0 Å². The van der Waals surface area contributed by atoms with Crippen molar-refractivity contribution in [2.75, 3.05) is 0 Å². The molecule has 0 amide bonds. The van der Waals surface area contributed by atoms with Crippen LogP contribution < -0.4 is 0 Å². The molecule has 25 heavy (non-hydrogen) atoms. The Morgan fingerprint density at radius 3 is 2.16 bits per heavy atom. The molecule has 0 saturated carbocycles. The average Bonchev–Trinajstić information content (AvgIpc) is 2.92. The van der Waals surface area contributed by atoms with Gasteiger partial charge in [-0.15, -0.1) is 0 Å². The van der Waals surface area contributed by atoms with Gasteiger partial charge in [-0.2, -0.15) is 0 Å². The van der Waals surface area contributed by atoms with E-state index in [1.54, 1.807) is 30.1 Å². The van der Waals surface area contributed by atoms with Gasteiger partial charge in [0.2, 0.25) is 0 Å². The summed E-state index contributed by atoms with van der Waals surface area (Å²) in [5, 5.41) is 10.7. The monoisotopic (exact) mass is 352 g/mol. The Balaban J connectivity index is 1.67. The molecule has 1 aromatic heterocycles. The molecule has 126 valence electrons. The summed E-state index contributed by atoms with van der Waals surface area (Å²) in [5.74, 6) is 1.72. The topological polar surface area (TPSA) is 68.6 Å². The second kappa shape index (κ2) is 7.36. The molecular formula is C19H16N2O3S. The molecule has 0 unspecified atom stereocenters. The van der Waals surface area contributed by atoms with Gasteiger partial charge in [0.05, 0.1) is 10.6 Å². The Hall–Kier alpha value is -2.86. The minimum absolute atomic E-state index is 0.0961. The van der Waals surface area contributed by atoms with E-state index < -0.39 is 4.92 Å². The zero-order valence-corrected chi connectivity index (χ0v) is 14.6. The lowest BCUT2D eigenvalue weighted by molar-refractivity contribution is -0.384. The van der Waals surface area contributed by atoms with E-state index in [1.807, 2.05) is 44.2 Å². The van der Waals surface area contributed by atoms with Gasteiger partial charge in [0.15, 0.2) is 0 Å². The van der Waals surface area contributed by atoms with E-state index in [0.29, 0.717) is 0 Å². The molecule has 0 fully saturated rings. The minimum atomic E-state index is -0.398. The van der Waals surface area contributed by atoms with Gasteiger partial charge in [-0.3, -0.25) is 15.1 Å². The molecule has 1 heterocycles. The first-order chi connectivity index (χ1) is 12.0. The van der Waals surface area contributed by atoms with Gasteiger partial charge in [0.1, 0.15) is 11.5 Å². The molecule has 0 N–H and O–H groups in total. The summed E-state index contributed by atoms with van der Waals surface area (Å²) in [4.78, 5) is 16.7. The molecule has 0 bridgehead atoms. The maximum atomic E-state index is 10.7. The number of rotatable bonds is 5. The first-order valence-corrected chi connectivity index (χ1v) is 8.46. The number of furan rings is 1. The number of nitro groups is 1. The van der Waals surface area contributed by atoms with Crippen molar-refractivity contribution in [1.82, 2.24) is 0 Å². The summed E-state index contributed by atoms with van der Waals surface area (Å²) in [6.07, 6.45) is 1.80. The van der Waals surface area contributed by atoms with Gasteiger partial charge in [0, 0.05) is 33.7 Å². The fraction of sp³-hybridized carbons (Fsp3) is 0.105. The Morgan fingerprint density at radius 1 is 1.04 bits per heavy atom. The van der Waals surface area contributed by atoms with Crippen LogP contribution in [0.15, 0.2) is 73.8 Å². The van der Waals surface area contributed by atoms with Crippen LogP contribution in [-0.2, 0) is 0 Å². The number of aryl methyl sites for hydroxylation is 2. The Bertz CT molecular complexity index is 913. The maximum Gasteiger partial charge on any atom is 0.269 e. The number of benzene rings is 2. The first kappa shape index (κ1) is 17.0. The van der Waals surface area contributed by atoms with E-state index in [2.05, 4.69) is 4.99 Å². The zero-order valence-electron chi connectivity index (χ0n) is 13.8. The lowest BCUT2D eigenvalue weighted by atomic mass is 10.2. The predicted octanol–water partition coefficient (Wildman–Crippen LogP) is 5.71. The molecule has 0 radical (unpaired) electrons. The highest BCUT2D eigenvalue weighted by atomic mass is 32.2. The molecular weight excluding hydrogens is 336 g/mol. The Morgan fingerprint density at radius 2 is 1.64 bits per heavy atom. The molecule has 0 aliphatic heterocycles. The van der Waals surface area contributed by atoms with Crippen LogP contribution in [0, 0.1) is 24.0 Å². The van der Waals surface area contributed by atoms with Gasteiger partial charge in [-0.25, -0.2) is 0 Å². The van der Waals surface area contributed by atoms with Crippen molar-refractivity contribution in [1.29, 1.82) is 0 Å². The smallest absolute Gasteiger partial charge is 0.269 e. The summed E-state index contributed by atoms with van der Waals surface area (Å²) in [7, 11) is 0. The van der Waals surface area contributed by atoms with Crippen molar-refractivity contribution in [2.24, 2.45) is 4.99 Å². The van der Waals surface area contributed by atoms with Crippen LogP contribution in [0.3, 0.4) is 0 Å². The SMILES string of the molecule is Cc1cc(C=Nc2ccc(Sc3ccc([N+](=O)[O-])cc3)cc2)c(C)o1. The zero-order chi connectivity index (χ0) is 17.8. The number of nitrogens with zero attached hydrogens (tertiary/aromatic N) is 2. The highest BCUT2D eigenvalue weighted by molar-refractivity contribution is 7.99. The van der Waals surface area contributed by atoms with E-state index in [9.17, 15) is 10.1 Å². The van der Waals surface area contributed by atoms with E-state index >= 15 is 0 Å². The van der Waals surface area contributed by atoms with Gasteiger partial charge in [-0.05, 0) is 56.3 Å². The van der Waals surface area contributed by atoms with Crippen LogP contribution in [0.2, 0.25) is 0 Å². The highest BCUT2D eigenvalue weighted by Gasteiger charge is 2.05. The standard InChI is InChI=1S/C19H16N2O3S/c1-13-11-15(14(2)24-13)12-20-16-3-7-18(8-4-16)25-19-9-5-17(6-10-19)21(22)23/h3-12H,1-2H3. The highest BCUT2D eigenvalue weighted by Crippen LogP contribution is 2.30. The quantitative estimate of drug-likeness (QED) is 0.335. The lowest BCUT2D eigenvalue weighted by Gasteiger charge is -2.02. The van der Waals surface area contributed by atoms with E-state index in [4.69, 9.17) is 4.42 Å². The summed E-state index contributed by atoms with van der Waals surface area (Å²) in [6, 6.07) is 16.3. The minimum Gasteiger partial charge on any atom is -0.466 e. The van der Waals surface area contributed by atoms with Crippen molar-refractivity contribution >= 4 is 29.4 Å². The fourth-order valence-corrected chi connectivity index (χ4v) is 3.11. The molecule has 3 rings (SSSR count). The number of nitro benzene ring substituents is 1. The summed E-state index contributed by atoms with van der Waals surface area (Å²) in [6.45, 7) is 3.83. The van der Waals surface area contributed by atoms with Crippen LogP contribution >= 0.6 is 11.8 Å². The third-order valence-corrected chi connectivity index (χ3v) is 4.57. The molecule has 6 heteroatoms. The molecule has 0 atom stereocenters. The van der Waals surface area contributed by atoms with Crippen LogP contribution in [-0.4, -0.2) is 11.1 Å². The molecule has 2 aromatic carbocycles. The predicted molar refractivity (Wildman–Crippen MR) is 99.1 cm³/mol. The van der Waals surface area contributed by atoms with Crippen molar-refractivity contribution in [3.8, 4) is 0 Å². The van der Waals surface area contributed by atoms with E-state index in [1.165, 1.54) is 12.1 Å². The summed E-state index contributed by atoms with van der Waals surface area (Å²) in [5.41, 5.74) is 1.92. The van der Waals surface area contributed by atoms with Crippen molar-refractivity contribution in [2.45, 2.75) is 23.6 Å². The van der Waals surface area contributed by atoms with Crippen molar-refractivity contribution < 1.29 is 9.34 Å². The molecule has 0 aliphatic rings. The normalized spacial score (nSPS) is 11.1. The van der Waals surface area contributed by atoms with Crippen LogP contribution in [0.5, 0.6) is 0 Å². The van der Waals surface area contributed by atoms with Crippen LogP contribution in [0.25, 0.3) is 0 Å². The van der Waals surface area contributed by atoms with Crippen LogP contribution in [0.1, 0.15) is 17.1 Å². The number of hydrogen-bond donors (Lipinski definition) is 0. The largest absolute Gasteiger partial charge is 0.466 e. The molecule has 0 spiro atoms. The second-order valence-corrected chi connectivity index (χ2v) is 6.62. The second-order valence-electron chi connectivity index (χ2n) is 5.47. The number of hydrogen-bond acceptors (Lipinski definition) is 5. The molecule has 0 saturated heterocycles. The Kier molecular flexibility index (Phi) is 5.00. The first-order valence-electron chi connectivity index (χ1n) is 7.65. The maximum absolute atomic E-state index is 10.7. The number of non-ortho nitro benzene ring substituents is 1. The van der Waals surface area contributed by atoms with Crippen LogP contribution in [0.4, 0.5) is 11.4 Å². The summed E-state index contributed by atoms with van der Waals surface area (Å²) < 4.78 is 5.47. The van der Waals surface area contributed by atoms with Gasteiger partial charge >= 0.3 is 0 Å². The molecule has 5 nitrogen and oxygen atoms in total. The Labute approximate surface area is 149 Å². The lowest BCUT2D eigenvalue weighted by Crippen LogP contribution is -1.86. The van der Waals surface area contributed by atoms with Crippen molar-refractivity contribution in [3.05, 3.63) is 81.8 Å².